The Kier molecular flexibility index (Phi) is 6.52. The molecule has 7 heteroatoms. The first-order valence-electron chi connectivity index (χ1n) is 11.9. The summed E-state index contributed by atoms with van der Waals surface area (Å²) in [6, 6.07) is 11.5. The zero-order valence-electron chi connectivity index (χ0n) is 20.9. The normalized spacial score (nSPS) is 12.1. The molecule has 180 valence electrons. The number of aromatic nitrogens is 3. The van der Waals surface area contributed by atoms with Crippen LogP contribution in [0.5, 0.6) is 0 Å². The fourth-order valence-electron chi connectivity index (χ4n) is 5.54. The Hall–Kier alpha value is -3.50. The lowest BCUT2D eigenvalue weighted by atomic mass is 9.97. The molecule has 0 saturated carbocycles. The van der Waals surface area contributed by atoms with Gasteiger partial charge in [-0.1, -0.05) is 77.8 Å². The molecule has 0 bridgehead atoms. The highest BCUT2D eigenvalue weighted by Crippen LogP contribution is 2.41. The molecule has 0 unspecified atom stereocenters. The van der Waals surface area contributed by atoms with E-state index in [-0.39, 0.29) is 16.6 Å². The molecule has 2 aromatic heterocycles. The van der Waals surface area contributed by atoms with Crippen molar-refractivity contribution in [2.45, 2.75) is 58.2 Å². The fraction of sp³-hybridized carbons (Fsp3) is 0.321. The van der Waals surface area contributed by atoms with Gasteiger partial charge in [-0.15, -0.1) is 5.54 Å². The molecule has 4 aromatic rings. The van der Waals surface area contributed by atoms with Crippen LogP contribution in [-0.2, 0) is 0 Å². The van der Waals surface area contributed by atoms with Gasteiger partial charge in [0.25, 0.3) is 5.56 Å². The van der Waals surface area contributed by atoms with Gasteiger partial charge in [0.15, 0.2) is 5.82 Å². The van der Waals surface area contributed by atoms with E-state index < -0.39 is 25.1 Å². The van der Waals surface area contributed by atoms with Gasteiger partial charge in [-0.3, -0.25) is 14.8 Å². The quantitative estimate of drug-likeness (QED) is 0.268. The van der Waals surface area contributed by atoms with Gasteiger partial charge >= 0.3 is 5.69 Å². The van der Waals surface area contributed by atoms with Gasteiger partial charge in [0.1, 0.15) is 13.8 Å². The van der Waals surface area contributed by atoms with Crippen LogP contribution in [0.25, 0.3) is 32.9 Å². The van der Waals surface area contributed by atoms with Crippen LogP contribution in [0.3, 0.4) is 0 Å². The van der Waals surface area contributed by atoms with Crippen LogP contribution in [0, 0.1) is 17.3 Å². The van der Waals surface area contributed by atoms with E-state index in [2.05, 4.69) is 68.0 Å². The Bertz CT molecular complexity index is 1580. The number of nitrogens with one attached hydrogen (secondary N) is 2. The Morgan fingerprint density at radius 3 is 2.17 bits per heavy atom. The molecule has 0 radical (unpaired) electrons. The zero-order valence-corrected chi connectivity index (χ0v) is 21.9. The molecule has 0 fully saturated rings. The third-order valence-electron chi connectivity index (χ3n) is 7.17. The van der Waals surface area contributed by atoms with Crippen molar-refractivity contribution in [2.75, 3.05) is 0 Å². The smallest absolute Gasteiger partial charge is 0.304 e. The highest BCUT2D eigenvalue weighted by molar-refractivity contribution is 6.90. The minimum Gasteiger partial charge on any atom is -0.304 e. The second-order valence-electron chi connectivity index (χ2n) is 9.97. The van der Waals surface area contributed by atoms with Crippen molar-refractivity contribution >= 4 is 29.7 Å². The van der Waals surface area contributed by atoms with Gasteiger partial charge in [0, 0.05) is 22.7 Å². The maximum atomic E-state index is 15.7. The maximum Gasteiger partial charge on any atom is 0.326 e. The number of pyridine rings is 1. The van der Waals surface area contributed by atoms with Crippen LogP contribution in [0.2, 0.25) is 16.6 Å². The minimum absolute atomic E-state index is 0.00677. The summed E-state index contributed by atoms with van der Waals surface area (Å²) in [6.45, 7) is 13.6. The van der Waals surface area contributed by atoms with Crippen molar-refractivity contribution < 1.29 is 4.39 Å². The van der Waals surface area contributed by atoms with Gasteiger partial charge < -0.3 is 4.98 Å². The van der Waals surface area contributed by atoms with E-state index in [0.717, 1.165) is 16.3 Å². The van der Waals surface area contributed by atoms with E-state index in [1.807, 2.05) is 30.3 Å². The minimum atomic E-state index is -1.98. The molecule has 0 aliphatic rings. The largest absolute Gasteiger partial charge is 0.326 e. The zero-order chi connectivity index (χ0) is 25.5. The number of benzene rings is 2. The summed E-state index contributed by atoms with van der Waals surface area (Å²) >= 11 is 0. The first kappa shape index (κ1) is 24.6. The summed E-state index contributed by atoms with van der Waals surface area (Å²) in [5.74, 6) is 2.77. The molecule has 5 nitrogen and oxygen atoms in total. The predicted octanol–water partition coefficient (Wildman–Crippen LogP) is 6.14. The fourth-order valence-corrected chi connectivity index (χ4v) is 10.8. The summed E-state index contributed by atoms with van der Waals surface area (Å²) in [4.78, 5) is 32.7. The van der Waals surface area contributed by atoms with Gasteiger partial charge in [0.05, 0.1) is 10.9 Å². The summed E-state index contributed by atoms with van der Waals surface area (Å²) in [7, 11) is -1.98. The second-order valence-corrected chi connectivity index (χ2v) is 15.6. The molecule has 0 amide bonds. The molecule has 35 heavy (non-hydrogen) atoms. The van der Waals surface area contributed by atoms with Crippen molar-refractivity contribution in [3.63, 3.8) is 0 Å². The van der Waals surface area contributed by atoms with Gasteiger partial charge in [-0.05, 0) is 28.1 Å². The molecule has 0 aliphatic heterocycles. The van der Waals surface area contributed by atoms with Crippen molar-refractivity contribution in [3.8, 4) is 22.7 Å². The molecule has 2 heterocycles. The number of nitrogens with zero attached hydrogens (tertiary/aromatic N) is 1. The van der Waals surface area contributed by atoms with E-state index in [9.17, 15) is 9.59 Å². The van der Waals surface area contributed by atoms with E-state index in [0.29, 0.717) is 22.2 Å². The number of rotatable bonds is 4. The van der Waals surface area contributed by atoms with Gasteiger partial charge in [0.2, 0.25) is 0 Å². The van der Waals surface area contributed by atoms with Crippen LogP contribution >= 0.6 is 0 Å². The van der Waals surface area contributed by atoms with Crippen LogP contribution < -0.4 is 11.2 Å². The van der Waals surface area contributed by atoms with Crippen LogP contribution in [-0.4, -0.2) is 23.0 Å². The summed E-state index contributed by atoms with van der Waals surface area (Å²) in [5, 5.41) is 1.72. The maximum absolute atomic E-state index is 15.7. The molecular formula is C28H30FN3O2Si. The molecular weight excluding hydrogens is 457 g/mol. The van der Waals surface area contributed by atoms with Crippen molar-refractivity contribution in [3.05, 3.63) is 74.8 Å². The molecule has 0 spiro atoms. The van der Waals surface area contributed by atoms with Crippen LogP contribution in [0.1, 0.15) is 47.1 Å². The van der Waals surface area contributed by atoms with Crippen LogP contribution in [0.15, 0.2) is 52.2 Å². The van der Waals surface area contributed by atoms with E-state index in [1.165, 1.54) is 6.20 Å². The molecule has 0 saturated heterocycles. The van der Waals surface area contributed by atoms with E-state index in [1.54, 1.807) is 6.07 Å². The lowest BCUT2D eigenvalue weighted by molar-refractivity contribution is 0.634. The third kappa shape index (κ3) is 4.12. The summed E-state index contributed by atoms with van der Waals surface area (Å²) in [5.41, 5.74) is 5.07. The third-order valence-corrected chi connectivity index (χ3v) is 13.5. The van der Waals surface area contributed by atoms with Crippen molar-refractivity contribution in [2.24, 2.45) is 0 Å². The Morgan fingerprint density at radius 1 is 0.914 bits per heavy atom. The first-order chi connectivity index (χ1) is 16.6. The molecule has 4 rings (SSSR count). The lowest BCUT2D eigenvalue weighted by Crippen LogP contribution is -2.43. The SMILES string of the molecule is CC(C)[Si](C#Cc1cccc2cccc(-c3ncc4c(=O)[nH]c(=O)[nH]c4c3F)c12)(C(C)C)C(C)C. The number of hydrogen-bond donors (Lipinski definition) is 2. The standard InChI is InChI=1S/C28H30FN3O2Si/c1-16(2)35(17(3)4,18(5)6)14-13-20-10-7-9-19-11-8-12-21(23(19)20)25-24(29)26-22(15-30-25)27(33)32-28(34)31-26/h7-12,15-18H,1-6H3,(H2,31,32,33,34). The van der Waals surface area contributed by atoms with Gasteiger partial charge in [-0.2, -0.15) is 0 Å². The number of halogens is 1. The molecule has 2 N–H and O–H groups in total. The van der Waals surface area contributed by atoms with Crippen LogP contribution in [0.4, 0.5) is 4.39 Å². The number of H-pyrrole nitrogens is 2. The Morgan fingerprint density at radius 2 is 1.54 bits per heavy atom. The van der Waals surface area contributed by atoms with Crippen molar-refractivity contribution in [1.82, 2.24) is 15.0 Å². The van der Waals surface area contributed by atoms with Gasteiger partial charge in [-0.25, -0.2) is 9.18 Å². The molecule has 0 atom stereocenters. The second kappa shape index (κ2) is 9.27. The van der Waals surface area contributed by atoms with E-state index in [4.69, 9.17) is 0 Å². The average molecular weight is 488 g/mol. The molecule has 0 aliphatic carbocycles. The summed E-state index contributed by atoms with van der Waals surface area (Å²) in [6.07, 6.45) is 1.30. The lowest BCUT2D eigenvalue weighted by Gasteiger charge is -2.38. The van der Waals surface area contributed by atoms with Crippen molar-refractivity contribution in [1.29, 1.82) is 0 Å². The highest BCUT2D eigenvalue weighted by atomic mass is 28.3. The predicted molar refractivity (Wildman–Crippen MR) is 144 cm³/mol. The number of hydrogen-bond acceptors (Lipinski definition) is 3. The molecule has 2 aromatic carbocycles. The monoisotopic (exact) mass is 487 g/mol. The summed E-state index contributed by atoms with van der Waals surface area (Å²) < 4.78 is 15.7. The Balaban J connectivity index is 2.02. The highest BCUT2D eigenvalue weighted by Gasteiger charge is 2.41. The number of fused-ring (bicyclic) bond motifs is 2. The average Bonchev–Trinajstić information content (AvgIpc) is 2.79. The van der Waals surface area contributed by atoms with E-state index >= 15 is 4.39 Å². The topological polar surface area (TPSA) is 78.6 Å². The first-order valence-corrected chi connectivity index (χ1v) is 14.2. The number of aromatic amines is 2. The Labute approximate surface area is 204 Å².